The average Bonchev–Trinajstić information content (AvgIpc) is 2.72. The van der Waals surface area contributed by atoms with Crippen molar-refractivity contribution < 1.29 is 38.1 Å². The first-order valence-corrected chi connectivity index (χ1v) is 8.43. The van der Waals surface area contributed by atoms with Gasteiger partial charge in [-0.1, -0.05) is 37.3 Å². The third-order valence-electron chi connectivity index (χ3n) is 4.29. The van der Waals surface area contributed by atoms with Crippen LogP contribution in [0.2, 0.25) is 0 Å². The molecule has 1 amide bonds. The second-order valence-electron chi connectivity index (χ2n) is 5.92. The number of methoxy groups -OCH3 is 4. The maximum Gasteiger partial charge on any atom is 0.328 e. The second kappa shape index (κ2) is 11.0. The summed E-state index contributed by atoms with van der Waals surface area (Å²) in [7, 11) is 4.68. The van der Waals surface area contributed by atoms with Gasteiger partial charge < -0.3 is 24.3 Å². The Balaban J connectivity index is 3.16. The minimum Gasteiger partial charge on any atom is -0.468 e. The Morgan fingerprint density at radius 2 is 1.32 bits per heavy atom. The second-order valence-corrected chi connectivity index (χ2v) is 5.92. The van der Waals surface area contributed by atoms with Gasteiger partial charge in [0.05, 0.1) is 21.3 Å². The number of esters is 3. The first kappa shape index (κ1) is 23.1. The van der Waals surface area contributed by atoms with Crippen LogP contribution in [0.1, 0.15) is 18.6 Å². The van der Waals surface area contributed by atoms with E-state index >= 15 is 0 Å². The lowest BCUT2D eigenvalue weighted by Crippen LogP contribution is -2.52. The van der Waals surface area contributed by atoms with Crippen molar-refractivity contribution in [1.29, 1.82) is 0 Å². The van der Waals surface area contributed by atoms with Crippen molar-refractivity contribution in [2.24, 2.45) is 11.8 Å². The van der Waals surface area contributed by atoms with Crippen molar-refractivity contribution in [3.8, 4) is 0 Å². The summed E-state index contributed by atoms with van der Waals surface area (Å²) in [5.41, 5.74) is 0.566. The summed E-state index contributed by atoms with van der Waals surface area (Å²) in [6.07, 6.45) is -1.00. The molecule has 0 aliphatic carbocycles. The quantitative estimate of drug-likeness (QED) is 0.368. The molecular weight excluding hydrogens is 370 g/mol. The molecule has 0 heterocycles. The van der Waals surface area contributed by atoms with Crippen LogP contribution in [0.4, 0.5) is 0 Å². The fraction of sp³-hybridized carbons (Fsp3) is 0.474. The van der Waals surface area contributed by atoms with Crippen LogP contribution in [0, 0.1) is 11.8 Å². The zero-order valence-electron chi connectivity index (χ0n) is 16.5. The van der Waals surface area contributed by atoms with E-state index in [1.165, 1.54) is 14.0 Å². The minimum absolute atomic E-state index is 0.566. The molecule has 28 heavy (non-hydrogen) atoms. The Bertz CT molecular complexity index is 674. The van der Waals surface area contributed by atoms with E-state index in [2.05, 4.69) is 14.8 Å². The molecular formula is C19H25NO8. The number of hydrogen-bond acceptors (Lipinski definition) is 8. The molecule has 3 atom stereocenters. The summed E-state index contributed by atoms with van der Waals surface area (Å²) in [4.78, 5) is 49.1. The molecule has 0 unspecified atom stereocenters. The monoisotopic (exact) mass is 395 g/mol. The molecule has 0 bridgehead atoms. The van der Waals surface area contributed by atoms with Crippen LogP contribution in [0.25, 0.3) is 0 Å². The maximum atomic E-state index is 12.7. The van der Waals surface area contributed by atoms with Crippen molar-refractivity contribution in [3.63, 3.8) is 0 Å². The van der Waals surface area contributed by atoms with Gasteiger partial charge in [-0.25, -0.2) is 4.79 Å². The fourth-order valence-electron chi connectivity index (χ4n) is 2.76. The normalized spacial score (nSPS) is 13.8. The minimum atomic E-state index is -1.43. The van der Waals surface area contributed by atoms with Gasteiger partial charge in [0.2, 0.25) is 0 Å². The summed E-state index contributed by atoms with van der Waals surface area (Å²) in [6.45, 7) is 1.44. The molecule has 0 spiro atoms. The highest BCUT2D eigenvalue weighted by atomic mass is 16.5. The van der Waals surface area contributed by atoms with E-state index in [9.17, 15) is 19.2 Å². The van der Waals surface area contributed by atoms with Crippen LogP contribution in [0.15, 0.2) is 30.3 Å². The van der Waals surface area contributed by atoms with Crippen LogP contribution in [-0.2, 0) is 38.1 Å². The number of carbonyl (C=O) groups excluding carboxylic acids is 4. The number of amides is 1. The van der Waals surface area contributed by atoms with E-state index in [1.54, 1.807) is 30.3 Å². The zero-order chi connectivity index (χ0) is 21.3. The molecule has 0 saturated heterocycles. The van der Waals surface area contributed by atoms with E-state index in [0.29, 0.717) is 5.56 Å². The van der Waals surface area contributed by atoms with Crippen molar-refractivity contribution in [3.05, 3.63) is 35.9 Å². The molecule has 9 heteroatoms. The third kappa shape index (κ3) is 5.53. The summed E-state index contributed by atoms with van der Waals surface area (Å²) < 4.78 is 19.2. The summed E-state index contributed by atoms with van der Waals surface area (Å²) in [6, 6.07) is 7.32. The highest BCUT2D eigenvalue weighted by molar-refractivity contribution is 5.96. The van der Waals surface area contributed by atoms with Gasteiger partial charge in [-0.15, -0.1) is 0 Å². The van der Waals surface area contributed by atoms with Crippen LogP contribution < -0.4 is 5.32 Å². The average molecular weight is 395 g/mol. The molecule has 1 aromatic rings. The third-order valence-corrected chi connectivity index (χ3v) is 4.29. The van der Waals surface area contributed by atoms with Crippen LogP contribution >= 0.6 is 0 Å². The first-order valence-electron chi connectivity index (χ1n) is 8.43. The molecule has 0 radical (unpaired) electrons. The van der Waals surface area contributed by atoms with E-state index in [1.807, 2.05) is 0 Å². The molecule has 1 aromatic carbocycles. The molecule has 0 fully saturated rings. The zero-order valence-corrected chi connectivity index (χ0v) is 16.5. The number of carbonyl (C=O) groups is 4. The smallest absolute Gasteiger partial charge is 0.328 e. The van der Waals surface area contributed by atoms with Gasteiger partial charge in [0.15, 0.2) is 12.0 Å². The molecule has 0 saturated carbocycles. The van der Waals surface area contributed by atoms with E-state index in [0.717, 1.165) is 21.3 Å². The van der Waals surface area contributed by atoms with E-state index < -0.39 is 47.8 Å². The molecule has 1 N–H and O–H groups in total. The van der Waals surface area contributed by atoms with Gasteiger partial charge in [-0.3, -0.25) is 14.4 Å². The molecule has 1 rings (SSSR count). The summed E-state index contributed by atoms with van der Waals surface area (Å²) >= 11 is 0. The Kier molecular flexibility index (Phi) is 9.10. The van der Waals surface area contributed by atoms with Crippen molar-refractivity contribution in [1.82, 2.24) is 5.32 Å². The van der Waals surface area contributed by atoms with Crippen LogP contribution in [-0.4, -0.2) is 58.3 Å². The predicted molar refractivity (Wildman–Crippen MR) is 96.8 cm³/mol. The van der Waals surface area contributed by atoms with E-state index in [-0.39, 0.29) is 0 Å². The van der Waals surface area contributed by atoms with Gasteiger partial charge in [-0.2, -0.15) is 0 Å². The van der Waals surface area contributed by atoms with Crippen LogP contribution in [0.3, 0.4) is 0 Å². The number of benzene rings is 1. The topological polar surface area (TPSA) is 117 Å². The molecule has 0 aromatic heterocycles. The Morgan fingerprint density at radius 3 is 1.75 bits per heavy atom. The number of ether oxygens (including phenoxy) is 4. The Morgan fingerprint density at radius 1 is 0.821 bits per heavy atom. The van der Waals surface area contributed by atoms with Crippen LogP contribution in [0.5, 0.6) is 0 Å². The number of nitrogens with one attached hydrogen (secondary N) is 1. The van der Waals surface area contributed by atoms with Gasteiger partial charge in [-0.05, 0) is 5.56 Å². The standard InChI is InChI=1S/C19H25NO8/c1-11(13(17(22)26-3)18(23)27-4)14(19(24)28-5)20-16(21)15(25-2)12-9-7-6-8-10-12/h6-11,13-15H,1-5H3,(H,20,21)/t11-,14+,15-/m0/s1. The van der Waals surface area contributed by atoms with Gasteiger partial charge in [0.1, 0.15) is 6.04 Å². The van der Waals surface area contributed by atoms with Crippen molar-refractivity contribution >= 4 is 23.8 Å². The molecule has 0 aliphatic rings. The fourth-order valence-corrected chi connectivity index (χ4v) is 2.76. The SMILES string of the molecule is COC(=O)C(C(=O)OC)[C@H](C)[C@@H](NC(=O)[C@@H](OC)c1ccccc1)C(=O)OC. The van der Waals surface area contributed by atoms with Crippen molar-refractivity contribution in [2.75, 3.05) is 28.4 Å². The largest absolute Gasteiger partial charge is 0.468 e. The molecule has 9 nitrogen and oxygen atoms in total. The Labute approximate surface area is 163 Å². The molecule has 154 valence electrons. The van der Waals surface area contributed by atoms with Crippen molar-refractivity contribution in [2.45, 2.75) is 19.1 Å². The summed E-state index contributed by atoms with van der Waals surface area (Å²) in [5, 5.41) is 2.50. The lowest BCUT2D eigenvalue weighted by atomic mass is 9.87. The number of rotatable bonds is 9. The van der Waals surface area contributed by atoms with Gasteiger partial charge >= 0.3 is 17.9 Å². The lowest BCUT2D eigenvalue weighted by Gasteiger charge is -2.28. The molecule has 0 aliphatic heterocycles. The summed E-state index contributed by atoms with van der Waals surface area (Å²) in [5.74, 6) is -5.70. The first-order chi connectivity index (χ1) is 13.3. The highest BCUT2D eigenvalue weighted by Crippen LogP contribution is 2.22. The lowest BCUT2D eigenvalue weighted by molar-refractivity contribution is -0.164. The van der Waals surface area contributed by atoms with Gasteiger partial charge in [0.25, 0.3) is 5.91 Å². The highest BCUT2D eigenvalue weighted by Gasteiger charge is 2.43. The predicted octanol–water partition coefficient (Wildman–Crippen LogP) is 0.630. The van der Waals surface area contributed by atoms with Gasteiger partial charge in [0, 0.05) is 13.0 Å². The Hall–Kier alpha value is -2.94. The maximum absolute atomic E-state index is 12.7. The van der Waals surface area contributed by atoms with E-state index in [4.69, 9.17) is 9.47 Å². The number of hydrogen-bond donors (Lipinski definition) is 1.